The van der Waals surface area contributed by atoms with Gasteiger partial charge in [-0.05, 0) is 37.1 Å². The van der Waals surface area contributed by atoms with Crippen LogP contribution < -0.4 is 0 Å². The third-order valence-corrected chi connectivity index (χ3v) is 6.73. The molecule has 1 spiro atoms. The van der Waals surface area contributed by atoms with Crippen molar-refractivity contribution in [2.24, 2.45) is 0 Å². The summed E-state index contributed by atoms with van der Waals surface area (Å²) in [6, 6.07) is 3.48. The third kappa shape index (κ3) is 3.52. The fraction of sp³-hybridized carbons (Fsp3) is 0.562. The first-order valence-electron chi connectivity index (χ1n) is 8.15. The van der Waals surface area contributed by atoms with Crippen LogP contribution in [0.4, 0.5) is 18.0 Å². The first-order valence-corrected chi connectivity index (χ1v) is 9.59. The van der Waals surface area contributed by atoms with Crippen LogP contribution in [0.15, 0.2) is 29.2 Å². The summed E-state index contributed by atoms with van der Waals surface area (Å²) >= 11 is 0. The van der Waals surface area contributed by atoms with Gasteiger partial charge in [0.05, 0.1) is 17.0 Å². The van der Waals surface area contributed by atoms with Crippen molar-refractivity contribution in [3.05, 3.63) is 29.8 Å². The highest BCUT2D eigenvalue weighted by Crippen LogP contribution is 2.34. The molecule has 2 fully saturated rings. The lowest BCUT2D eigenvalue weighted by molar-refractivity contribution is -0.137. The van der Waals surface area contributed by atoms with E-state index in [0.29, 0.717) is 25.8 Å². The summed E-state index contributed by atoms with van der Waals surface area (Å²) < 4.78 is 70.2. The molecule has 1 atom stereocenters. The van der Waals surface area contributed by atoms with Crippen LogP contribution in [0.25, 0.3) is 0 Å². The van der Waals surface area contributed by atoms with E-state index < -0.39 is 33.5 Å². The summed E-state index contributed by atoms with van der Waals surface area (Å²) in [4.78, 5) is 12.9. The second kappa shape index (κ2) is 6.41. The summed E-state index contributed by atoms with van der Waals surface area (Å²) in [5.41, 5.74) is -1.59. The number of benzene rings is 1. The van der Waals surface area contributed by atoms with Crippen LogP contribution in [0, 0.1) is 0 Å². The van der Waals surface area contributed by atoms with Gasteiger partial charge in [0, 0.05) is 26.6 Å². The van der Waals surface area contributed by atoms with Gasteiger partial charge in [-0.15, -0.1) is 0 Å². The van der Waals surface area contributed by atoms with Gasteiger partial charge in [0.1, 0.15) is 5.60 Å². The van der Waals surface area contributed by atoms with Gasteiger partial charge in [0.2, 0.25) is 10.0 Å². The number of alkyl halides is 3. The Morgan fingerprint density at radius 1 is 1.12 bits per heavy atom. The third-order valence-electron chi connectivity index (χ3n) is 4.82. The lowest BCUT2D eigenvalue weighted by Crippen LogP contribution is -2.36. The fourth-order valence-electron chi connectivity index (χ4n) is 3.40. The SMILES string of the molecule is CN1CC2(CCCN(S(=O)(=O)c3ccc(C(F)(F)F)cc3)CC2)OC1=O. The van der Waals surface area contributed by atoms with Crippen LogP contribution >= 0.6 is 0 Å². The van der Waals surface area contributed by atoms with Crippen molar-refractivity contribution in [3.8, 4) is 0 Å². The highest BCUT2D eigenvalue weighted by Gasteiger charge is 2.45. The normalized spacial score (nSPS) is 25.4. The van der Waals surface area contributed by atoms with Crippen molar-refractivity contribution < 1.29 is 31.1 Å². The molecule has 2 aliphatic rings. The molecule has 2 aliphatic heterocycles. The first kappa shape index (κ1) is 19.0. The number of halogens is 3. The summed E-state index contributed by atoms with van der Waals surface area (Å²) in [5, 5.41) is 0. The van der Waals surface area contributed by atoms with Crippen LogP contribution in [0.2, 0.25) is 0 Å². The number of sulfonamides is 1. The average Bonchev–Trinajstić information content (AvgIpc) is 2.72. The van der Waals surface area contributed by atoms with Crippen molar-refractivity contribution in [1.82, 2.24) is 9.21 Å². The van der Waals surface area contributed by atoms with E-state index in [1.165, 1.54) is 9.21 Å². The molecular weight excluding hydrogens is 373 g/mol. The Morgan fingerprint density at radius 2 is 1.77 bits per heavy atom. The molecule has 10 heteroatoms. The van der Waals surface area contributed by atoms with E-state index in [2.05, 4.69) is 0 Å². The Bertz CT molecular complexity index is 795. The number of carbonyl (C=O) groups excluding carboxylic acids is 1. The van der Waals surface area contributed by atoms with Crippen molar-refractivity contribution in [2.75, 3.05) is 26.7 Å². The maximum atomic E-state index is 12.8. The molecule has 0 radical (unpaired) electrons. The molecule has 0 aromatic heterocycles. The monoisotopic (exact) mass is 392 g/mol. The smallest absolute Gasteiger partial charge is 0.416 e. The molecule has 26 heavy (non-hydrogen) atoms. The highest BCUT2D eigenvalue weighted by molar-refractivity contribution is 7.89. The Kier molecular flexibility index (Phi) is 4.68. The number of hydrogen-bond acceptors (Lipinski definition) is 4. The Hall–Kier alpha value is -1.81. The number of rotatable bonds is 2. The van der Waals surface area contributed by atoms with Gasteiger partial charge in [-0.1, -0.05) is 0 Å². The maximum absolute atomic E-state index is 12.8. The predicted octanol–water partition coefficient (Wildman–Crippen LogP) is 2.70. The molecule has 0 bridgehead atoms. The van der Waals surface area contributed by atoms with E-state index in [-0.39, 0.29) is 18.0 Å². The van der Waals surface area contributed by atoms with Crippen molar-refractivity contribution in [2.45, 2.75) is 35.9 Å². The van der Waals surface area contributed by atoms with E-state index in [0.717, 1.165) is 24.3 Å². The van der Waals surface area contributed by atoms with Crippen molar-refractivity contribution in [3.63, 3.8) is 0 Å². The van der Waals surface area contributed by atoms with Crippen molar-refractivity contribution >= 4 is 16.1 Å². The molecular formula is C16H19F3N2O4S. The maximum Gasteiger partial charge on any atom is 0.416 e. The topological polar surface area (TPSA) is 66.9 Å². The minimum Gasteiger partial charge on any atom is -0.441 e. The Balaban J connectivity index is 1.77. The number of likely N-dealkylation sites (N-methyl/N-ethyl adjacent to an activating group) is 1. The van der Waals surface area contributed by atoms with Gasteiger partial charge >= 0.3 is 12.3 Å². The molecule has 1 amide bonds. The minimum absolute atomic E-state index is 0.143. The first-order chi connectivity index (χ1) is 12.0. The van der Waals surface area contributed by atoms with Crippen LogP contribution in [0.3, 0.4) is 0 Å². The van der Waals surface area contributed by atoms with Gasteiger partial charge in [-0.3, -0.25) is 0 Å². The molecule has 6 nitrogen and oxygen atoms in total. The molecule has 1 aromatic carbocycles. The zero-order valence-corrected chi connectivity index (χ0v) is 14.9. The van der Waals surface area contributed by atoms with E-state index >= 15 is 0 Å². The van der Waals surface area contributed by atoms with Crippen LogP contribution in [0.1, 0.15) is 24.8 Å². The van der Waals surface area contributed by atoms with Gasteiger partial charge in [-0.2, -0.15) is 17.5 Å². The van der Waals surface area contributed by atoms with Gasteiger partial charge in [0.25, 0.3) is 0 Å². The zero-order chi connectivity index (χ0) is 19.2. The van der Waals surface area contributed by atoms with E-state index in [9.17, 15) is 26.4 Å². The molecule has 3 rings (SSSR count). The van der Waals surface area contributed by atoms with E-state index in [4.69, 9.17) is 4.74 Å². The van der Waals surface area contributed by atoms with Crippen LogP contribution in [-0.2, 0) is 20.9 Å². The summed E-state index contributed by atoms with van der Waals surface area (Å²) in [5.74, 6) is 0. The number of nitrogens with zero attached hydrogens (tertiary/aromatic N) is 2. The molecule has 0 N–H and O–H groups in total. The molecule has 144 valence electrons. The Morgan fingerprint density at radius 3 is 2.31 bits per heavy atom. The zero-order valence-electron chi connectivity index (χ0n) is 14.1. The van der Waals surface area contributed by atoms with Gasteiger partial charge < -0.3 is 9.64 Å². The molecule has 2 saturated heterocycles. The lowest BCUT2D eigenvalue weighted by atomic mass is 9.95. The quantitative estimate of drug-likeness (QED) is 0.776. The summed E-state index contributed by atoms with van der Waals surface area (Å²) in [6.45, 7) is 0.775. The van der Waals surface area contributed by atoms with Crippen LogP contribution in [-0.4, -0.2) is 56.0 Å². The highest BCUT2D eigenvalue weighted by atomic mass is 32.2. The standard InChI is InChI=1S/C16H19F3N2O4S/c1-20-11-15(25-14(20)22)7-2-9-21(10-8-15)26(23,24)13-5-3-12(4-6-13)16(17,18)19/h3-6H,2,7-11H2,1H3. The number of amides is 1. The van der Waals surface area contributed by atoms with Gasteiger partial charge in [0.15, 0.2) is 0 Å². The number of hydrogen-bond donors (Lipinski definition) is 0. The minimum atomic E-state index is -4.52. The molecule has 1 unspecified atom stereocenters. The predicted molar refractivity (Wildman–Crippen MR) is 85.9 cm³/mol. The lowest BCUT2D eigenvalue weighted by Gasteiger charge is -2.25. The molecule has 0 aliphatic carbocycles. The average molecular weight is 392 g/mol. The van der Waals surface area contributed by atoms with Crippen LogP contribution in [0.5, 0.6) is 0 Å². The van der Waals surface area contributed by atoms with Crippen molar-refractivity contribution in [1.29, 1.82) is 0 Å². The largest absolute Gasteiger partial charge is 0.441 e. The molecule has 2 heterocycles. The Labute approximate surface area is 149 Å². The summed E-state index contributed by atoms with van der Waals surface area (Å²) in [6.07, 6.45) is -3.55. The fourth-order valence-corrected chi connectivity index (χ4v) is 4.88. The number of ether oxygens (including phenoxy) is 1. The molecule has 0 saturated carbocycles. The van der Waals surface area contributed by atoms with Gasteiger partial charge in [-0.25, -0.2) is 13.2 Å². The van der Waals surface area contributed by atoms with E-state index in [1.807, 2.05) is 0 Å². The summed E-state index contributed by atoms with van der Waals surface area (Å²) in [7, 11) is -2.29. The molecule has 1 aromatic rings. The number of carbonyl (C=O) groups is 1. The second-order valence-electron chi connectivity index (χ2n) is 6.69. The second-order valence-corrected chi connectivity index (χ2v) is 8.62. The van der Waals surface area contributed by atoms with E-state index in [1.54, 1.807) is 7.05 Å².